The van der Waals surface area contributed by atoms with Crippen LogP contribution in [-0.2, 0) is 31.6 Å². The number of fused-ring (bicyclic) bond motifs is 4. The van der Waals surface area contributed by atoms with Crippen LogP contribution in [0.1, 0.15) is 12.5 Å². The van der Waals surface area contributed by atoms with Crippen LogP contribution in [0, 0.1) is 0 Å². The van der Waals surface area contributed by atoms with Gasteiger partial charge in [-0.3, -0.25) is 4.79 Å². The third kappa shape index (κ3) is 1.88. The van der Waals surface area contributed by atoms with Gasteiger partial charge in [0.2, 0.25) is 0 Å². The van der Waals surface area contributed by atoms with E-state index in [2.05, 4.69) is 30.3 Å². The van der Waals surface area contributed by atoms with Crippen LogP contribution >= 0.6 is 0 Å². The van der Waals surface area contributed by atoms with Gasteiger partial charge < -0.3 is 0 Å². The van der Waals surface area contributed by atoms with Crippen LogP contribution in [0.5, 0.6) is 0 Å². The predicted octanol–water partition coefficient (Wildman–Crippen LogP) is 3.46. The van der Waals surface area contributed by atoms with E-state index in [4.69, 9.17) is 0 Å². The second-order valence-corrected chi connectivity index (χ2v) is 4.26. The van der Waals surface area contributed by atoms with Gasteiger partial charge in [-0.2, -0.15) is 0 Å². The van der Waals surface area contributed by atoms with Gasteiger partial charge in [0, 0.05) is 26.8 Å². The Bertz CT molecular complexity index is 587. The fraction of sp³-hybridized carbons (Fsp3) is 0.133. The zero-order valence-corrected chi connectivity index (χ0v) is 11.0. The molecule has 0 amide bonds. The molecule has 0 atom stereocenters. The Hall–Kier alpha value is -1.23. The minimum absolute atomic E-state index is 0. The number of hydrogen-bond acceptors (Lipinski definition) is 1. The molecule has 0 saturated heterocycles. The van der Waals surface area contributed by atoms with Gasteiger partial charge in [0.1, 0.15) is 5.78 Å². The predicted molar refractivity (Wildman–Crippen MR) is 65.3 cm³/mol. The maximum absolute atomic E-state index is 11.2. The van der Waals surface area contributed by atoms with Crippen LogP contribution in [0.2, 0.25) is 0 Å². The molecule has 2 heteroatoms. The van der Waals surface area contributed by atoms with E-state index in [0.29, 0.717) is 6.42 Å². The van der Waals surface area contributed by atoms with E-state index < -0.39 is 0 Å². The van der Waals surface area contributed by atoms with Crippen molar-refractivity contribution in [2.24, 2.45) is 0 Å². The van der Waals surface area contributed by atoms with Gasteiger partial charge in [-0.15, -0.1) is 0 Å². The fourth-order valence-corrected chi connectivity index (χ4v) is 2.43. The molecule has 88 valence electrons. The van der Waals surface area contributed by atoms with Crippen molar-refractivity contribution in [3.8, 4) is 22.3 Å². The third-order valence-electron chi connectivity index (χ3n) is 3.08. The van der Waals surface area contributed by atoms with Crippen molar-refractivity contribution < 1.29 is 25.2 Å². The second-order valence-electron chi connectivity index (χ2n) is 4.26. The van der Waals surface area contributed by atoms with Crippen molar-refractivity contribution in [1.82, 2.24) is 0 Å². The molecule has 2 aromatic rings. The summed E-state index contributed by atoms with van der Waals surface area (Å²) in [4.78, 5) is 11.2. The maximum atomic E-state index is 11.2. The Morgan fingerprint density at radius 3 is 2.29 bits per heavy atom. The monoisotopic (exact) mass is 314 g/mol. The van der Waals surface area contributed by atoms with Gasteiger partial charge in [0.05, 0.1) is 0 Å². The summed E-state index contributed by atoms with van der Waals surface area (Å²) in [5.74, 6) is 0.220. The van der Waals surface area contributed by atoms with Gasteiger partial charge in [-0.25, -0.2) is 0 Å². The van der Waals surface area contributed by atoms with Crippen molar-refractivity contribution in [2.75, 3.05) is 0 Å². The third-order valence-corrected chi connectivity index (χ3v) is 3.08. The van der Waals surface area contributed by atoms with Crippen molar-refractivity contribution in [3.05, 3.63) is 48.0 Å². The van der Waals surface area contributed by atoms with E-state index in [1.165, 1.54) is 22.3 Å². The topological polar surface area (TPSA) is 17.1 Å². The molecule has 3 rings (SSSR count). The molecule has 0 heterocycles. The molecular weight excluding hydrogens is 303 g/mol. The summed E-state index contributed by atoms with van der Waals surface area (Å²) < 4.78 is 0. The molecule has 1 nitrogen and oxygen atoms in total. The molecule has 0 aromatic heterocycles. The molecule has 0 bridgehead atoms. The van der Waals surface area contributed by atoms with Crippen molar-refractivity contribution >= 4 is 5.78 Å². The summed E-state index contributed by atoms with van der Waals surface area (Å²) in [7, 11) is 0. The molecule has 1 aliphatic carbocycles. The van der Waals surface area contributed by atoms with Crippen LogP contribution in [0.15, 0.2) is 42.5 Å². The molecular formula is C15H12OPd. The van der Waals surface area contributed by atoms with Gasteiger partial charge in [0.25, 0.3) is 0 Å². The first-order valence-electron chi connectivity index (χ1n) is 5.48. The van der Waals surface area contributed by atoms with E-state index in [9.17, 15) is 4.79 Å². The number of carbonyl (C=O) groups is 1. The zero-order chi connectivity index (χ0) is 11.1. The first-order valence-corrected chi connectivity index (χ1v) is 5.48. The first kappa shape index (κ1) is 12.2. The summed E-state index contributed by atoms with van der Waals surface area (Å²) in [5, 5.41) is 0. The zero-order valence-electron chi connectivity index (χ0n) is 9.47. The number of rotatable bonds is 2. The smallest absolute Gasteiger partial charge is 0.134 e. The molecule has 0 aliphatic heterocycles. The minimum atomic E-state index is 0. The fourth-order valence-electron chi connectivity index (χ4n) is 2.43. The van der Waals surface area contributed by atoms with Crippen molar-refractivity contribution in [2.45, 2.75) is 13.3 Å². The molecule has 0 unspecified atom stereocenters. The Kier molecular flexibility index (Phi) is 3.29. The minimum Gasteiger partial charge on any atom is -0.300 e. The molecule has 0 fully saturated rings. The van der Waals surface area contributed by atoms with E-state index in [-0.39, 0.29) is 26.2 Å². The van der Waals surface area contributed by atoms with E-state index in [1.807, 2.05) is 12.1 Å². The quantitative estimate of drug-likeness (QED) is 0.662. The first-order chi connectivity index (χ1) is 7.77. The average Bonchev–Trinajstić information content (AvgIpc) is 2.24. The van der Waals surface area contributed by atoms with Crippen molar-refractivity contribution in [1.29, 1.82) is 0 Å². The Morgan fingerprint density at radius 1 is 0.941 bits per heavy atom. The molecule has 0 saturated carbocycles. The summed E-state index contributed by atoms with van der Waals surface area (Å²) in [6, 6.07) is 14.6. The Labute approximate surface area is 115 Å². The van der Waals surface area contributed by atoms with E-state index >= 15 is 0 Å². The summed E-state index contributed by atoms with van der Waals surface area (Å²) >= 11 is 0. The van der Waals surface area contributed by atoms with Crippen LogP contribution in [0.25, 0.3) is 22.3 Å². The SMILES string of the molecule is CC(=O)Cc1cccc2c1-c1ccccc1-2.[Pd]. The maximum Gasteiger partial charge on any atom is 0.134 e. The van der Waals surface area contributed by atoms with Crippen molar-refractivity contribution in [3.63, 3.8) is 0 Å². The number of Topliss-reactive ketones (excluding diaryl/α,β-unsaturated/α-hetero) is 1. The number of benzene rings is 2. The van der Waals surface area contributed by atoms with Crippen LogP contribution < -0.4 is 0 Å². The van der Waals surface area contributed by atoms with Gasteiger partial charge in [-0.05, 0) is 34.7 Å². The second kappa shape index (κ2) is 4.57. The number of hydrogen-bond donors (Lipinski definition) is 0. The molecule has 0 spiro atoms. The van der Waals surface area contributed by atoms with Gasteiger partial charge >= 0.3 is 0 Å². The number of carbonyl (C=O) groups excluding carboxylic acids is 1. The van der Waals surface area contributed by atoms with Gasteiger partial charge in [-0.1, -0.05) is 42.5 Å². The largest absolute Gasteiger partial charge is 0.300 e. The van der Waals surface area contributed by atoms with E-state index in [0.717, 1.165) is 5.56 Å². The van der Waals surface area contributed by atoms with Crippen LogP contribution in [0.3, 0.4) is 0 Å². The molecule has 1 aliphatic rings. The molecule has 2 aromatic carbocycles. The van der Waals surface area contributed by atoms with Crippen LogP contribution in [-0.4, -0.2) is 5.78 Å². The van der Waals surface area contributed by atoms with Crippen LogP contribution in [0.4, 0.5) is 0 Å². The Balaban J connectivity index is 0.00000108. The summed E-state index contributed by atoms with van der Waals surface area (Å²) in [6.07, 6.45) is 0.539. The standard InChI is InChI=1S/C15H12O.Pd/c1-10(16)9-11-5-4-8-14-12-6-2-3-7-13(12)15(11)14;/h2-8H,9H2,1H3;. The average molecular weight is 315 g/mol. The molecule has 0 N–H and O–H groups in total. The van der Waals surface area contributed by atoms with Gasteiger partial charge in [0.15, 0.2) is 0 Å². The molecule has 17 heavy (non-hydrogen) atoms. The molecule has 0 radical (unpaired) electrons. The Morgan fingerprint density at radius 2 is 1.59 bits per heavy atom. The van der Waals surface area contributed by atoms with E-state index in [1.54, 1.807) is 6.92 Å². The summed E-state index contributed by atoms with van der Waals surface area (Å²) in [6.45, 7) is 1.64. The normalized spacial score (nSPS) is 10.6. The number of ketones is 1. The summed E-state index contributed by atoms with van der Waals surface area (Å²) in [5.41, 5.74) is 6.31.